The van der Waals surface area contributed by atoms with Crippen molar-refractivity contribution in [1.29, 1.82) is 0 Å². The summed E-state index contributed by atoms with van der Waals surface area (Å²) >= 11 is 0. The lowest BCUT2D eigenvalue weighted by Crippen LogP contribution is -2.22. The molecule has 1 amide bonds. The van der Waals surface area contributed by atoms with Gasteiger partial charge in [-0.1, -0.05) is 18.9 Å². The molecule has 3 N–H and O–H groups in total. The number of carbonyl (C=O) groups is 1. The number of amides is 1. The summed E-state index contributed by atoms with van der Waals surface area (Å²) in [6.45, 7) is 1.36. The highest BCUT2D eigenvalue weighted by atomic mass is 19.1. The average Bonchev–Trinajstić information content (AvgIpc) is 2.48. The number of halogens is 1. The lowest BCUT2D eigenvalue weighted by Gasteiger charge is -2.08. The molecule has 5 heteroatoms. The van der Waals surface area contributed by atoms with Crippen LogP contribution < -0.4 is 11.1 Å². The molecule has 0 unspecified atom stereocenters. The maximum Gasteiger partial charge on any atom is 0.220 e. The summed E-state index contributed by atoms with van der Waals surface area (Å²) in [7, 11) is 1.53. The van der Waals surface area contributed by atoms with E-state index < -0.39 is 0 Å². The second-order valence-electron chi connectivity index (χ2n) is 5.09. The highest BCUT2D eigenvalue weighted by Crippen LogP contribution is 2.12. The number of nitrogens with one attached hydrogen (secondary N) is 1. The summed E-state index contributed by atoms with van der Waals surface area (Å²) < 4.78 is 18.4. The Balaban J connectivity index is 2.30. The van der Waals surface area contributed by atoms with Crippen LogP contribution in [0, 0.1) is 5.82 Å². The van der Waals surface area contributed by atoms with Crippen molar-refractivity contribution >= 4 is 5.91 Å². The van der Waals surface area contributed by atoms with E-state index in [1.807, 2.05) is 0 Å². The van der Waals surface area contributed by atoms with E-state index in [1.165, 1.54) is 13.2 Å². The molecule has 0 saturated carbocycles. The molecule has 1 rings (SSSR count). The Morgan fingerprint density at radius 3 is 2.76 bits per heavy atom. The largest absolute Gasteiger partial charge is 0.380 e. The Morgan fingerprint density at radius 2 is 2.05 bits per heavy atom. The predicted molar refractivity (Wildman–Crippen MR) is 81.1 cm³/mol. The molecule has 0 bridgehead atoms. The van der Waals surface area contributed by atoms with Gasteiger partial charge in [0.05, 0.1) is 6.61 Å². The molecule has 0 saturated heterocycles. The average molecular weight is 296 g/mol. The zero-order valence-corrected chi connectivity index (χ0v) is 12.7. The Bertz CT molecular complexity index is 438. The molecule has 4 nitrogen and oxygen atoms in total. The van der Waals surface area contributed by atoms with Crippen molar-refractivity contribution in [3.63, 3.8) is 0 Å². The first-order valence-corrected chi connectivity index (χ1v) is 7.40. The lowest BCUT2D eigenvalue weighted by atomic mass is 10.1. The highest BCUT2D eigenvalue weighted by Gasteiger charge is 2.05. The summed E-state index contributed by atoms with van der Waals surface area (Å²) in [6.07, 6.45) is 4.52. The minimum atomic E-state index is -0.285. The minimum absolute atomic E-state index is 0.0281. The van der Waals surface area contributed by atoms with Crippen molar-refractivity contribution in [3.8, 4) is 0 Å². The maximum atomic E-state index is 13.4. The summed E-state index contributed by atoms with van der Waals surface area (Å²) in [5.74, 6) is -0.257. The van der Waals surface area contributed by atoms with Gasteiger partial charge < -0.3 is 15.8 Å². The molecular weight excluding hydrogens is 271 g/mol. The minimum Gasteiger partial charge on any atom is -0.380 e. The number of ether oxygens (including phenoxy) is 1. The Kier molecular flexibility index (Phi) is 8.62. The zero-order valence-electron chi connectivity index (χ0n) is 12.7. The van der Waals surface area contributed by atoms with Gasteiger partial charge in [-0.2, -0.15) is 0 Å². The summed E-state index contributed by atoms with van der Waals surface area (Å²) in [5.41, 5.74) is 6.79. The Labute approximate surface area is 125 Å². The molecular formula is C16H25FN2O2. The molecule has 0 aliphatic carbocycles. The van der Waals surface area contributed by atoms with Crippen LogP contribution in [0.5, 0.6) is 0 Å². The molecule has 0 aromatic heterocycles. The first-order valence-electron chi connectivity index (χ1n) is 7.40. The van der Waals surface area contributed by atoms with Gasteiger partial charge in [-0.15, -0.1) is 0 Å². The van der Waals surface area contributed by atoms with Gasteiger partial charge in [0.2, 0.25) is 5.91 Å². The van der Waals surface area contributed by atoms with Crippen LogP contribution in [0.15, 0.2) is 18.2 Å². The first-order chi connectivity index (χ1) is 10.2. The molecule has 118 valence electrons. The molecule has 1 aromatic rings. The van der Waals surface area contributed by atoms with Crippen molar-refractivity contribution in [2.24, 2.45) is 5.73 Å². The quantitative estimate of drug-likeness (QED) is 0.652. The van der Waals surface area contributed by atoms with Crippen molar-refractivity contribution in [2.45, 2.75) is 45.3 Å². The molecule has 0 spiro atoms. The number of methoxy groups -OCH3 is 1. The van der Waals surface area contributed by atoms with E-state index in [4.69, 9.17) is 10.5 Å². The van der Waals surface area contributed by atoms with Crippen molar-refractivity contribution in [2.75, 3.05) is 13.7 Å². The third-order valence-corrected chi connectivity index (χ3v) is 3.26. The molecule has 1 aromatic carbocycles. The lowest BCUT2D eigenvalue weighted by molar-refractivity contribution is -0.121. The summed E-state index contributed by atoms with van der Waals surface area (Å²) in [4.78, 5) is 11.7. The van der Waals surface area contributed by atoms with Crippen molar-refractivity contribution < 1.29 is 13.9 Å². The van der Waals surface area contributed by atoms with E-state index in [1.54, 1.807) is 12.1 Å². The van der Waals surface area contributed by atoms with Gasteiger partial charge in [-0.3, -0.25) is 4.79 Å². The van der Waals surface area contributed by atoms with Crippen molar-refractivity contribution in [1.82, 2.24) is 5.32 Å². The number of nitrogens with two attached hydrogens (primary N) is 1. The number of hydrogen-bond donors (Lipinski definition) is 2. The molecule has 0 fully saturated rings. The normalized spacial score (nSPS) is 10.6. The van der Waals surface area contributed by atoms with Crippen LogP contribution in [0.1, 0.15) is 43.2 Å². The number of unbranched alkanes of at least 4 members (excludes halogenated alkanes) is 3. The fraction of sp³-hybridized carbons (Fsp3) is 0.562. The molecule has 0 radical (unpaired) electrons. The van der Waals surface area contributed by atoms with Gasteiger partial charge in [0.15, 0.2) is 0 Å². The standard InChI is InChI=1S/C16H25FN2O2/c1-21-12-14-10-13(7-8-15(14)17)11-19-16(20)6-4-2-3-5-9-18/h7-8,10H,2-6,9,11-12,18H2,1H3,(H,19,20). The van der Waals surface area contributed by atoms with Gasteiger partial charge in [-0.25, -0.2) is 4.39 Å². The predicted octanol–water partition coefficient (Wildman–Crippen LogP) is 2.50. The van der Waals surface area contributed by atoms with Crippen LogP contribution in [0.4, 0.5) is 4.39 Å². The number of benzene rings is 1. The monoisotopic (exact) mass is 296 g/mol. The van der Waals surface area contributed by atoms with E-state index in [0.29, 0.717) is 25.1 Å². The number of rotatable bonds is 10. The third kappa shape index (κ3) is 7.20. The highest BCUT2D eigenvalue weighted by molar-refractivity contribution is 5.75. The zero-order chi connectivity index (χ0) is 15.5. The van der Waals surface area contributed by atoms with Crippen LogP contribution in [0.2, 0.25) is 0 Å². The van der Waals surface area contributed by atoms with Gasteiger partial charge in [0.25, 0.3) is 0 Å². The van der Waals surface area contributed by atoms with Gasteiger partial charge >= 0.3 is 0 Å². The summed E-state index contributed by atoms with van der Waals surface area (Å²) in [6, 6.07) is 4.80. The molecule has 0 aliphatic rings. The second kappa shape index (κ2) is 10.3. The second-order valence-corrected chi connectivity index (χ2v) is 5.09. The smallest absolute Gasteiger partial charge is 0.220 e. The van der Waals surface area contributed by atoms with E-state index in [9.17, 15) is 9.18 Å². The van der Waals surface area contributed by atoms with Crippen LogP contribution in [0.3, 0.4) is 0 Å². The number of carbonyl (C=O) groups excluding carboxylic acids is 1. The van der Waals surface area contributed by atoms with Crippen LogP contribution in [-0.4, -0.2) is 19.6 Å². The van der Waals surface area contributed by atoms with E-state index in [0.717, 1.165) is 31.2 Å². The molecule has 0 heterocycles. The Hall–Kier alpha value is -1.46. The first kappa shape index (κ1) is 17.6. The van der Waals surface area contributed by atoms with Crippen LogP contribution in [0.25, 0.3) is 0 Å². The number of hydrogen-bond acceptors (Lipinski definition) is 3. The van der Waals surface area contributed by atoms with Gasteiger partial charge in [0, 0.05) is 25.6 Å². The summed E-state index contributed by atoms with van der Waals surface area (Å²) in [5, 5.41) is 2.85. The Morgan fingerprint density at radius 1 is 1.29 bits per heavy atom. The van der Waals surface area contributed by atoms with E-state index in [-0.39, 0.29) is 18.3 Å². The fourth-order valence-electron chi connectivity index (χ4n) is 2.08. The molecule has 21 heavy (non-hydrogen) atoms. The van der Waals surface area contributed by atoms with E-state index in [2.05, 4.69) is 5.32 Å². The topological polar surface area (TPSA) is 64.3 Å². The van der Waals surface area contributed by atoms with Crippen molar-refractivity contribution in [3.05, 3.63) is 35.1 Å². The molecule has 0 atom stereocenters. The van der Waals surface area contributed by atoms with Crippen LogP contribution >= 0.6 is 0 Å². The maximum absolute atomic E-state index is 13.4. The van der Waals surface area contributed by atoms with Gasteiger partial charge in [0.1, 0.15) is 5.82 Å². The fourth-order valence-corrected chi connectivity index (χ4v) is 2.08. The van der Waals surface area contributed by atoms with E-state index >= 15 is 0 Å². The SMILES string of the molecule is COCc1cc(CNC(=O)CCCCCCN)ccc1F. The third-order valence-electron chi connectivity index (χ3n) is 3.26. The van der Waals surface area contributed by atoms with Crippen LogP contribution in [-0.2, 0) is 22.7 Å². The molecule has 0 aliphatic heterocycles. The van der Waals surface area contributed by atoms with Gasteiger partial charge in [-0.05, 0) is 37.1 Å².